The lowest BCUT2D eigenvalue weighted by Gasteiger charge is -2.30. The first-order chi connectivity index (χ1) is 16.6. The maximum absolute atomic E-state index is 10.5. The minimum atomic E-state index is -0.595. The molecular weight excluding hydrogens is 430 g/mol. The molecule has 34 heavy (non-hydrogen) atoms. The van der Waals surface area contributed by atoms with Gasteiger partial charge in [0.15, 0.2) is 5.76 Å². The van der Waals surface area contributed by atoms with Gasteiger partial charge in [0, 0.05) is 25.6 Å². The van der Waals surface area contributed by atoms with Crippen LogP contribution in [0.2, 0.25) is 0 Å². The van der Waals surface area contributed by atoms with Crippen molar-refractivity contribution in [1.82, 2.24) is 15.5 Å². The summed E-state index contributed by atoms with van der Waals surface area (Å²) in [5.74, 6) is 2.72. The number of hydrogen-bond acceptors (Lipinski definition) is 7. The minimum absolute atomic E-state index is 0.204. The first-order valence-electron chi connectivity index (χ1n) is 12.1. The summed E-state index contributed by atoms with van der Waals surface area (Å²) in [7, 11) is 0. The van der Waals surface area contributed by atoms with Gasteiger partial charge in [-0.25, -0.2) is 0 Å². The number of benzene rings is 2. The third kappa shape index (κ3) is 5.48. The lowest BCUT2D eigenvalue weighted by molar-refractivity contribution is 0.101. The van der Waals surface area contributed by atoms with Crippen LogP contribution in [0.5, 0.6) is 5.75 Å². The quantitative estimate of drug-likeness (QED) is 0.365. The van der Waals surface area contributed by atoms with Gasteiger partial charge in [-0.15, -0.1) is 10.2 Å². The van der Waals surface area contributed by atoms with E-state index in [1.54, 1.807) is 6.92 Å². The third-order valence-corrected chi connectivity index (χ3v) is 6.55. The number of aliphatic hydroxyl groups excluding tert-OH is 1. The smallest absolute Gasteiger partial charge is 0.283 e. The summed E-state index contributed by atoms with van der Waals surface area (Å²) in [4.78, 5) is 0. The zero-order valence-corrected chi connectivity index (χ0v) is 19.4. The summed E-state index contributed by atoms with van der Waals surface area (Å²) in [6, 6.07) is 18.6. The second-order valence-electron chi connectivity index (χ2n) is 9.19. The molecule has 4 aromatic rings. The van der Waals surface area contributed by atoms with Crippen LogP contribution in [0.3, 0.4) is 0 Å². The number of ether oxygens (including phenoxy) is 1. The van der Waals surface area contributed by atoms with Crippen molar-refractivity contribution < 1.29 is 18.7 Å². The molecule has 2 N–H and O–H groups in total. The summed E-state index contributed by atoms with van der Waals surface area (Å²) >= 11 is 0. The Morgan fingerprint density at radius 1 is 1.03 bits per heavy atom. The molecule has 0 unspecified atom stereocenters. The van der Waals surface area contributed by atoms with E-state index in [1.165, 1.54) is 18.4 Å². The number of hydrogen-bond donors (Lipinski definition) is 2. The van der Waals surface area contributed by atoms with Gasteiger partial charge in [-0.05, 0) is 55.7 Å². The molecule has 1 fully saturated rings. The van der Waals surface area contributed by atoms with Crippen molar-refractivity contribution in [3.63, 3.8) is 0 Å². The van der Waals surface area contributed by atoms with Crippen molar-refractivity contribution in [3.05, 3.63) is 66.1 Å². The molecule has 1 atom stereocenters. The van der Waals surface area contributed by atoms with Crippen LogP contribution in [0.1, 0.15) is 37.1 Å². The molecule has 7 heteroatoms. The Balaban J connectivity index is 1.09. The van der Waals surface area contributed by atoms with Crippen molar-refractivity contribution in [2.45, 2.75) is 51.2 Å². The molecule has 2 aromatic heterocycles. The Kier molecular flexibility index (Phi) is 6.92. The number of aromatic nitrogens is 2. The SMILES string of the molecule is Cc1nnc(-c2cc3c(OC[C@@H](O)CNC4CCC(Cc5ccccc5)CC4)cccc3o2)o1. The van der Waals surface area contributed by atoms with E-state index in [-0.39, 0.29) is 6.61 Å². The highest BCUT2D eigenvalue weighted by molar-refractivity contribution is 5.87. The monoisotopic (exact) mass is 461 g/mol. The topological polar surface area (TPSA) is 93.6 Å². The highest BCUT2D eigenvalue weighted by atomic mass is 16.5. The normalized spacial score (nSPS) is 19.4. The third-order valence-electron chi connectivity index (χ3n) is 6.55. The number of nitrogens with zero attached hydrogens (tertiary/aromatic N) is 2. The summed E-state index contributed by atoms with van der Waals surface area (Å²) in [6.45, 7) is 2.46. The van der Waals surface area contributed by atoms with Crippen molar-refractivity contribution in [2.24, 2.45) is 5.92 Å². The summed E-state index contributed by atoms with van der Waals surface area (Å²) in [5, 5.41) is 22.7. The van der Waals surface area contributed by atoms with Crippen LogP contribution < -0.4 is 10.1 Å². The lowest BCUT2D eigenvalue weighted by Crippen LogP contribution is -2.40. The van der Waals surface area contributed by atoms with E-state index in [0.717, 1.165) is 30.6 Å². The van der Waals surface area contributed by atoms with Crippen LogP contribution in [0.4, 0.5) is 0 Å². The number of aryl methyl sites for hydroxylation is 1. The van der Waals surface area contributed by atoms with Gasteiger partial charge in [-0.3, -0.25) is 0 Å². The van der Waals surface area contributed by atoms with E-state index in [2.05, 4.69) is 45.8 Å². The number of rotatable bonds is 9. The Bertz CT molecular complexity index is 1200. The van der Waals surface area contributed by atoms with Gasteiger partial charge in [0.05, 0.1) is 5.39 Å². The standard InChI is InChI=1S/C27H31N3O4/c1-18-29-30-27(33-18)26-15-23-24(8-5-9-25(23)34-26)32-17-22(31)16-28-21-12-10-20(11-13-21)14-19-6-3-2-4-7-19/h2-9,15,20-22,28,31H,10-14,16-17H2,1H3/t20?,21?,22-/m0/s1. The van der Waals surface area contributed by atoms with Crippen molar-refractivity contribution in [2.75, 3.05) is 13.2 Å². The first-order valence-corrected chi connectivity index (χ1v) is 12.1. The average Bonchev–Trinajstić information content (AvgIpc) is 3.49. The molecule has 0 aliphatic heterocycles. The van der Waals surface area contributed by atoms with Crippen molar-refractivity contribution in [1.29, 1.82) is 0 Å². The molecule has 178 valence electrons. The predicted octanol–water partition coefficient (Wildman–Crippen LogP) is 4.92. The van der Waals surface area contributed by atoms with Crippen LogP contribution in [0, 0.1) is 12.8 Å². The Morgan fingerprint density at radius 3 is 2.62 bits per heavy atom. The minimum Gasteiger partial charge on any atom is -0.490 e. The lowest BCUT2D eigenvalue weighted by atomic mass is 9.82. The molecule has 0 amide bonds. The average molecular weight is 462 g/mol. The first kappa shape index (κ1) is 22.6. The maximum atomic E-state index is 10.5. The molecular formula is C27H31N3O4. The largest absolute Gasteiger partial charge is 0.490 e. The Morgan fingerprint density at radius 2 is 1.85 bits per heavy atom. The van der Waals surface area contributed by atoms with E-state index < -0.39 is 6.10 Å². The molecule has 1 aliphatic rings. The fourth-order valence-electron chi connectivity index (χ4n) is 4.73. The van der Waals surface area contributed by atoms with Crippen LogP contribution in [-0.4, -0.2) is 40.6 Å². The molecule has 2 heterocycles. The van der Waals surface area contributed by atoms with Crippen LogP contribution in [0.25, 0.3) is 22.6 Å². The fraction of sp³-hybridized carbons (Fsp3) is 0.407. The number of aliphatic hydroxyl groups is 1. The summed E-state index contributed by atoms with van der Waals surface area (Å²) < 4.78 is 17.2. The van der Waals surface area contributed by atoms with Gasteiger partial charge >= 0.3 is 0 Å². The van der Waals surface area contributed by atoms with Crippen molar-refractivity contribution in [3.8, 4) is 17.4 Å². The van der Waals surface area contributed by atoms with Gasteiger partial charge in [-0.1, -0.05) is 36.4 Å². The zero-order chi connectivity index (χ0) is 23.3. The van der Waals surface area contributed by atoms with E-state index in [9.17, 15) is 5.11 Å². The Hall–Kier alpha value is -3.16. The van der Waals surface area contributed by atoms with Gasteiger partial charge in [0.2, 0.25) is 5.89 Å². The molecule has 1 saturated carbocycles. The molecule has 0 saturated heterocycles. The molecule has 5 rings (SSSR count). The highest BCUT2D eigenvalue weighted by Gasteiger charge is 2.22. The number of fused-ring (bicyclic) bond motifs is 1. The van der Waals surface area contributed by atoms with E-state index in [0.29, 0.717) is 41.5 Å². The molecule has 7 nitrogen and oxygen atoms in total. The predicted molar refractivity (Wildman–Crippen MR) is 130 cm³/mol. The second kappa shape index (κ2) is 10.4. The summed E-state index contributed by atoms with van der Waals surface area (Å²) in [5.41, 5.74) is 2.10. The maximum Gasteiger partial charge on any atom is 0.283 e. The number of nitrogens with one attached hydrogen (secondary N) is 1. The molecule has 1 aliphatic carbocycles. The number of furan rings is 1. The molecule has 0 radical (unpaired) electrons. The molecule has 0 bridgehead atoms. The van der Waals surface area contributed by atoms with Crippen LogP contribution >= 0.6 is 0 Å². The van der Waals surface area contributed by atoms with Gasteiger partial charge < -0.3 is 24.0 Å². The van der Waals surface area contributed by atoms with Crippen LogP contribution in [-0.2, 0) is 6.42 Å². The van der Waals surface area contributed by atoms with Gasteiger partial charge in [-0.2, -0.15) is 0 Å². The van der Waals surface area contributed by atoms with Crippen molar-refractivity contribution >= 4 is 11.0 Å². The summed E-state index contributed by atoms with van der Waals surface area (Å²) in [6.07, 6.45) is 5.32. The zero-order valence-electron chi connectivity index (χ0n) is 19.4. The molecule has 2 aromatic carbocycles. The second-order valence-corrected chi connectivity index (χ2v) is 9.19. The Labute approximate surface area is 199 Å². The van der Waals surface area contributed by atoms with E-state index in [1.807, 2.05) is 24.3 Å². The fourth-order valence-corrected chi connectivity index (χ4v) is 4.73. The highest BCUT2D eigenvalue weighted by Crippen LogP contribution is 2.33. The van der Waals surface area contributed by atoms with Gasteiger partial charge in [0.25, 0.3) is 5.89 Å². The van der Waals surface area contributed by atoms with Crippen LogP contribution in [0.15, 0.2) is 63.4 Å². The van der Waals surface area contributed by atoms with E-state index >= 15 is 0 Å². The molecule has 0 spiro atoms. The van der Waals surface area contributed by atoms with E-state index in [4.69, 9.17) is 13.6 Å². The van der Waals surface area contributed by atoms with Gasteiger partial charge in [0.1, 0.15) is 24.0 Å².